The molecule has 2 aromatic heterocycles. The number of aryl methyl sites for hydroxylation is 1. The van der Waals surface area contributed by atoms with Gasteiger partial charge in [-0.3, -0.25) is 9.20 Å². The number of rotatable bonds is 4. The van der Waals surface area contributed by atoms with E-state index in [9.17, 15) is 4.79 Å². The Bertz CT molecular complexity index is 1120. The Hall–Kier alpha value is -3.67. The summed E-state index contributed by atoms with van der Waals surface area (Å²) >= 11 is 0. The predicted octanol–water partition coefficient (Wildman–Crippen LogP) is 3.55. The molecule has 0 saturated heterocycles. The summed E-state index contributed by atoms with van der Waals surface area (Å²) < 4.78 is 1.71. The SMILES string of the molecule is Cc1cccc(-c2cccc(Nc3ncc(C(N)=O)c4nccn34)c2)c1. The number of imidazole rings is 1. The molecule has 0 radical (unpaired) electrons. The van der Waals surface area contributed by atoms with Crippen LogP contribution in [0.3, 0.4) is 0 Å². The number of benzene rings is 2. The summed E-state index contributed by atoms with van der Waals surface area (Å²) in [6.07, 6.45) is 4.79. The number of carbonyl (C=O) groups is 1. The van der Waals surface area contributed by atoms with E-state index in [0.717, 1.165) is 16.8 Å². The Labute approximate surface area is 150 Å². The zero-order chi connectivity index (χ0) is 18.1. The van der Waals surface area contributed by atoms with Gasteiger partial charge in [-0.2, -0.15) is 0 Å². The van der Waals surface area contributed by atoms with Crippen LogP contribution in [0, 0.1) is 6.92 Å². The molecule has 3 N–H and O–H groups in total. The summed E-state index contributed by atoms with van der Waals surface area (Å²) in [5, 5.41) is 3.28. The number of hydrogen-bond acceptors (Lipinski definition) is 4. The van der Waals surface area contributed by atoms with Crippen molar-refractivity contribution in [2.45, 2.75) is 6.92 Å². The van der Waals surface area contributed by atoms with E-state index in [-0.39, 0.29) is 5.56 Å². The molecule has 0 aliphatic heterocycles. The minimum absolute atomic E-state index is 0.286. The van der Waals surface area contributed by atoms with Gasteiger partial charge in [0.05, 0.1) is 0 Å². The molecule has 0 unspecified atom stereocenters. The molecular weight excluding hydrogens is 326 g/mol. The van der Waals surface area contributed by atoms with Gasteiger partial charge < -0.3 is 11.1 Å². The summed E-state index contributed by atoms with van der Waals surface area (Å²) in [4.78, 5) is 20.0. The van der Waals surface area contributed by atoms with Gasteiger partial charge in [-0.25, -0.2) is 9.97 Å². The monoisotopic (exact) mass is 343 g/mol. The molecule has 0 aliphatic carbocycles. The Balaban J connectivity index is 1.71. The molecule has 0 atom stereocenters. The number of anilines is 2. The average Bonchev–Trinajstić information content (AvgIpc) is 3.12. The highest BCUT2D eigenvalue weighted by Gasteiger charge is 2.12. The van der Waals surface area contributed by atoms with Gasteiger partial charge in [0.1, 0.15) is 5.56 Å². The fourth-order valence-electron chi connectivity index (χ4n) is 2.92. The molecule has 0 fully saturated rings. The first-order chi connectivity index (χ1) is 12.6. The lowest BCUT2D eigenvalue weighted by Crippen LogP contribution is -2.14. The van der Waals surface area contributed by atoms with Crippen LogP contribution in [0.15, 0.2) is 67.1 Å². The van der Waals surface area contributed by atoms with Crippen LogP contribution in [-0.4, -0.2) is 20.3 Å². The van der Waals surface area contributed by atoms with E-state index in [1.807, 2.05) is 18.2 Å². The maximum atomic E-state index is 11.5. The second-order valence-electron chi connectivity index (χ2n) is 6.06. The normalized spacial score (nSPS) is 10.8. The highest BCUT2D eigenvalue weighted by atomic mass is 16.1. The summed E-state index contributed by atoms with van der Waals surface area (Å²) in [7, 11) is 0. The van der Waals surface area contributed by atoms with E-state index in [0.29, 0.717) is 11.6 Å². The van der Waals surface area contributed by atoms with Crippen molar-refractivity contribution in [3.8, 4) is 11.1 Å². The van der Waals surface area contributed by atoms with Gasteiger partial charge >= 0.3 is 0 Å². The summed E-state index contributed by atoms with van der Waals surface area (Å²) in [5.74, 6) is 0.00517. The molecule has 0 aliphatic rings. The molecule has 26 heavy (non-hydrogen) atoms. The molecule has 6 heteroatoms. The Kier molecular flexibility index (Phi) is 3.85. The second kappa shape index (κ2) is 6.33. The van der Waals surface area contributed by atoms with Crippen LogP contribution in [0.1, 0.15) is 15.9 Å². The Morgan fingerprint density at radius 1 is 1.08 bits per heavy atom. The lowest BCUT2D eigenvalue weighted by Gasteiger charge is -2.11. The fourth-order valence-corrected chi connectivity index (χ4v) is 2.92. The quantitative estimate of drug-likeness (QED) is 0.593. The van der Waals surface area contributed by atoms with Gasteiger partial charge in [0.2, 0.25) is 5.95 Å². The number of aromatic nitrogens is 3. The third-order valence-corrected chi connectivity index (χ3v) is 4.16. The van der Waals surface area contributed by atoms with E-state index >= 15 is 0 Å². The van der Waals surface area contributed by atoms with Crippen molar-refractivity contribution >= 4 is 23.2 Å². The van der Waals surface area contributed by atoms with Crippen molar-refractivity contribution in [3.05, 3.63) is 78.2 Å². The largest absolute Gasteiger partial charge is 0.365 e. The highest BCUT2D eigenvalue weighted by molar-refractivity contribution is 5.98. The van der Waals surface area contributed by atoms with Crippen LogP contribution in [0.25, 0.3) is 16.8 Å². The number of fused-ring (bicyclic) bond motifs is 1. The van der Waals surface area contributed by atoms with E-state index in [1.165, 1.54) is 11.8 Å². The highest BCUT2D eigenvalue weighted by Crippen LogP contribution is 2.25. The Morgan fingerprint density at radius 2 is 1.85 bits per heavy atom. The first kappa shape index (κ1) is 15.8. The number of amides is 1. The summed E-state index contributed by atoms with van der Waals surface area (Å²) in [5.41, 5.74) is 10.5. The maximum Gasteiger partial charge on any atom is 0.254 e. The molecule has 1 amide bonds. The van der Waals surface area contributed by atoms with E-state index in [1.54, 1.807) is 16.8 Å². The van der Waals surface area contributed by atoms with Crippen LogP contribution < -0.4 is 11.1 Å². The minimum atomic E-state index is -0.554. The third kappa shape index (κ3) is 2.88. The molecular formula is C20H17N5O. The Morgan fingerprint density at radius 3 is 2.62 bits per heavy atom. The molecule has 0 bridgehead atoms. The number of nitrogens with zero attached hydrogens (tertiary/aromatic N) is 3. The fraction of sp³-hybridized carbons (Fsp3) is 0.0500. The maximum absolute atomic E-state index is 11.5. The topological polar surface area (TPSA) is 85.3 Å². The zero-order valence-corrected chi connectivity index (χ0v) is 14.2. The molecule has 2 heterocycles. The van der Waals surface area contributed by atoms with Crippen molar-refractivity contribution in [3.63, 3.8) is 0 Å². The molecule has 2 aromatic carbocycles. The summed E-state index contributed by atoms with van der Waals surface area (Å²) in [6, 6.07) is 16.4. The van der Waals surface area contributed by atoms with Crippen LogP contribution in [0.5, 0.6) is 0 Å². The predicted molar refractivity (Wildman–Crippen MR) is 101 cm³/mol. The molecule has 0 saturated carbocycles. The standard InChI is InChI=1S/C20H17N5O/c1-13-4-2-5-14(10-13)15-6-3-7-16(11-15)24-20-23-12-17(18(21)26)19-22-8-9-25(19)20/h2-12H,1H3,(H2,21,26)(H,23,24). The molecule has 6 nitrogen and oxygen atoms in total. The lowest BCUT2D eigenvalue weighted by atomic mass is 10.0. The first-order valence-corrected chi connectivity index (χ1v) is 8.18. The second-order valence-corrected chi connectivity index (χ2v) is 6.06. The summed E-state index contributed by atoms with van der Waals surface area (Å²) in [6.45, 7) is 2.07. The van der Waals surface area contributed by atoms with Crippen molar-refractivity contribution in [1.82, 2.24) is 14.4 Å². The minimum Gasteiger partial charge on any atom is -0.365 e. The number of primary amides is 1. The van der Waals surface area contributed by atoms with Gasteiger partial charge in [-0.15, -0.1) is 0 Å². The van der Waals surface area contributed by atoms with Crippen molar-refractivity contribution in [2.24, 2.45) is 5.73 Å². The molecule has 0 spiro atoms. The van der Waals surface area contributed by atoms with Crippen LogP contribution in [0.2, 0.25) is 0 Å². The molecule has 4 rings (SSSR count). The van der Waals surface area contributed by atoms with Crippen LogP contribution in [-0.2, 0) is 0 Å². The van der Waals surface area contributed by atoms with Gasteiger partial charge in [-0.05, 0) is 30.2 Å². The van der Waals surface area contributed by atoms with Gasteiger partial charge in [0.15, 0.2) is 5.65 Å². The smallest absolute Gasteiger partial charge is 0.254 e. The first-order valence-electron chi connectivity index (χ1n) is 8.18. The van der Waals surface area contributed by atoms with Crippen LogP contribution in [0.4, 0.5) is 11.6 Å². The van der Waals surface area contributed by atoms with Crippen LogP contribution >= 0.6 is 0 Å². The van der Waals surface area contributed by atoms with Gasteiger partial charge in [0, 0.05) is 24.3 Å². The van der Waals surface area contributed by atoms with E-state index in [4.69, 9.17) is 5.73 Å². The third-order valence-electron chi connectivity index (χ3n) is 4.16. The number of hydrogen-bond donors (Lipinski definition) is 2. The molecule has 4 aromatic rings. The number of carbonyl (C=O) groups excluding carboxylic acids is 1. The van der Waals surface area contributed by atoms with Gasteiger partial charge in [0.25, 0.3) is 5.91 Å². The molecule has 128 valence electrons. The van der Waals surface area contributed by atoms with E-state index < -0.39 is 5.91 Å². The lowest BCUT2D eigenvalue weighted by molar-refractivity contribution is 0.100. The average molecular weight is 343 g/mol. The van der Waals surface area contributed by atoms with Crippen molar-refractivity contribution in [1.29, 1.82) is 0 Å². The van der Waals surface area contributed by atoms with Gasteiger partial charge in [-0.1, -0.05) is 42.0 Å². The number of nitrogens with two attached hydrogens (primary N) is 1. The van der Waals surface area contributed by atoms with E-state index in [2.05, 4.69) is 52.5 Å². The number of nitrogens with one attached hydrogen (secondary N) is 1. The van der Waals surface area contributed by atoms with Crippen molar-refractivity contribution < 1.29 is 4.79 Å². The zero-order valence-electron chi connectivity index (χ0n) is 14.2. The van der Waals surface area contributed by atoms with Crippen molar-refractivity contribution in [2.75, 3.05) is 5.32 Å².